The van der Waals surface area contributed by atoms with Gasteiger partial charge in [0.25, 0.3) is 0 Å². The summed E-state index contributed by atoms with van der Waals surface area (Å²) in [7, 11) is 0. The molecule has 0 radical (unpaired) electrons. The number of hydrogen-bond acceptors (Lipinski definition) is 6. The molecule has 61 heavy (non-hydrogen) atoms. The van der Waals surface area contributed by atoms with E-state index in [1.54, 1.807) is 6.08 Å². The van der Waals surface area contributed by atoms with E-state index in [0.29, 0.717) is 12.8 Å². The molecule has 0 amide bonds. The van der Waals surface area contributed by atoms with Gasteiger partial charge in [-0.1, -0.05) is 221 Å². The number of carbonyl (C=O) groups is 3. The summed E-state index contributed by atoms with van der Waals surface area (Å²) in [6.45, 7) is 6.30. The van der Waals surface area contributed by atoms with Crippen LogP contribution >= 0.6 is 0 Å². The predicted octanol–water partition coefficient (Wildman–Crippen LogP) is 16.4. The first-order chi connectivity index (χ1) is 30.0. The van der Waals surface area contributed by atoms with Gasteiger partial charge in [-0.25, -0.2) is 0 Å². The molecule has 6 heteroatoms. The van der Waals surface area contributed by atoms with E-state index in [1.165, 1.54) is 89.9 Å². The van der Waals surface area contributed by atoms with Gasteiger partial charge in [0.05, 0.1) is 6.42 Å². The molecule has 0 saturated carbocycles. The average Bonchev–Trinajstić information content (AvgIpc) is 3.26. The molecule has 0 saturated heterocycles. The lowest BCUT2D eigenvalue weighted by Gasteiger charge is -2.18. The van der Waals surface area contributed by atoms with Crippen molar-refractivity contribution in [1.82, 2.24) is 0 Å². The topological polar surface area (TPSA) is 78.9 Å². The van der Waals surface area contributed by atoms with Crippen LogP contribution in [0.4, 0.5) is 0 Å². The van der Waals surface area contributed by atoms with Gasteiger partial charge in [0, 0.05) is 12.8 Å². The van der Waals surface area contributed by atoms with Gasteiger partial charge in [0.2, 0.25) is 0 Å². The summed E-state index contributed by atoms with van der Waals surface area (Å²) < 4.78 is 16.6. The third-order valence-electron chi connectivity index (χ3n) is 10.4. The molecule has 0 aliphatic carbocycles. The summed E-state index contributed by atoms with van der Waals surface area (Å²) in [6, 6.07) is 0. The summed E-state index contributed by atoms with van der Waals surface area (Å²) in [6.07, 6.45) is 63.2. The number of carbonyl (C=O) groups excluding carboxylic acids is 3. The fourth-order valence-corrected chi connectivity index (χ4v) is 6.73. The van der Waals surface area contributed by atoms with Crippen molar-refractivity contribution in [3.05, 3.63) is 85.1 Å². The van der Waals surface area contributed by atoms with Crippen LogP contribution in [-0.4, -0.2) is 37.2 Å². The van der Waals surface area contributed by atoms with Gasteiger partial charge in [-0.15, -0.1) is 0 Å². The fraction of sp³-hybridized carbons (Fsp3) is 0.691. The standard InChI is InChI=1S/C55H92O6/c1-4-7-10-13-16-19-21-23-25-26-27-28-30-31-33-36-39-42-45-48-54(57)60-51-52(50-59-53(56)47-44-41-38-35-18-15-12-9-6-3)61-55(58)49-46-43-40-37-34-32-29-24-22-20-17-14-11-8-5-2/h7,9-10,12,16,18-19,23,25,27-28,35,41,44,52H,4-6,8,11,13-15,17,20-22,24,26,29-34,36-40,42-43,45-51H2,1-3H3/b10-7-,12-9-,19-16-,25-23-,28-27-,35-18-,44-41-. The summed E-state index contributed by atoms with van der Waals surface area (Å²) in [4.78, 5) is 37.8. The van der Waals surface area contributed by atoms with Crippen LogP contribution in [0.3, 0.4) is 0 Å². The van der Waals surface area contributed by atoms with Crippen LogP contribution in [0.5, 0.6) is 0 Å². The third-order valence-corrected chi connectivity index (χ3v) is 10.4. The Kier molecular flexibility index (Phi) is 46.5. The molecule has 0 aliphatic rings. The van der Waals surface area contributed by atoms with E-state index < -0.39 is 12.1 Å². The second-order valence-electron chi connectivity index (χ2n) is 16.3. The number of esters is 3. The van der Waals surface area contributed by atoms with E-state index in [2.05, 4.69) is 93.7 Å². The molecule has 0 bridgehead atoms. The second-order valence-corrected chi connectivity index (χ2v) is 16.3. The van der Waals surface area contributed by atoms with Gasteiger partial charge < -0.3 is 14.2 Å². The summed E-state index contributed by atoms with van der Waals surface area (Å²) >= 11 is 0. The Morgan fingerprint density at radius 3 is 1.15 bits per heavy atom. The fourth-order valence-electron chi connectivity index (χ4n) is 6.73. The first-order valence-corrected chi connectivity index (χ1v) is 25.1. The summed E-state index contributed by atoms with van der Waals surface area (Å²) in [5.41, 5.74) is 0. The van der Waals surface area contributed by atoms with Gasteiger partial charge in [0.1, 0.15) is 13.2 Å². The van der Waals surface area contributed by atoms with Crippen LogP contribution in [0.15, 0.2) is 85.1 Å². The van der Waals surface area contributed by atoms with Gasteiger partial charge >= 0.3 is 17.9 Å². The van der Waals surface area contributed by atoms with Gasteiger partial charge in [-0.05, 0) is 70.6 Å². The third kappa shape index (κ3) is 47.5. The maximum Gasteiger partial charge on any atom is 0.309 e. The molecule has 0 fully saturated rings. The molecule has 1 unspecified atom stereocenters. The predicted molar refractivity (Wildman–Crippen MR) is 261 cm³/mol. The molecule has 6 nitrogen and oxygen atoms in total. The van der Waals surface area contributed by atoms with Crippen molar-refractivity contribution < 1.29 is 28.6 Å². The van der Waals surface area contributed by atoms with E-state index in [-0.39, 0.29) is 31.6 Å². The average molecular weight is 849 g/mol. The zero-order chi connectivity index (χ0) is 44.4. The first-order valence-electron chi connectivity index (χ1n) is 25.1. The van der Waals surface area contributed by atoms with E-state index in [1.807, 2.05) is 6.08 Å². The molecule has 0 N–H and O–H groups in total. The lowest BCUT2D eigenvalue weighted by Crippen LogP contribution is -2.30. The lowest BCUT2D eigenvalue weighted by atomic mass is 10.0. The maximum atomic E-state index is 12.8. The highest BCUT2D eigenvalue weighted by Gasteiger charge is 2.19. The number of unbranched alkanes of at least 4 members (excludes halogenated alkanes) is 20. The van der Waals surface area contributed by atoms with Crippen molar-refractivity contribution in [2.45, 2.75) is 232 Å². The zero-order valence-corrected chi connectivity index (χ0v) is 39.7. The van der Waals surface area contributed by atoms with E-state index in [4.69, 9.17) is 14.2 Å². The van der Waals surface area contributed by atoms with Crippen LogP contribution in [0.1, 0.15) is 226 Å². The van der Waals surface area contributed by atoms with Crippen molar-refractivity contribution in [2.75, 3.05) is 13.2 Å². The Hall–Kier alpha value is -3.41. The number of rotatable bonds is 44. The number of ether oxygens (including phenoxy) is 3. The lowest BCUT2D eigenvalue weighted by molar-refractivity contribution is -0.166. The Morgan fingerprint density at radius 1 is 0.361 bits per heavy atom. The number of allylic oxidation sites excluding steroid dienone is 13. The van der Waals surface area contributed by atoms with Gasteiger partial charge in [-0.3, -0.25) is 14.4 Å². The minimum absolute atomic E-state index is 0.110. The van der Waals surface area contributed by atoms with Crippen LogP contribution in [-0.2, 0) is 28.6 Å². The maximum absolute atomic E-state index is 12.8. The molecular weight excluding hydrogens is 757 g/mol. The van der Waals surface area contributed by atoms with Crippen molar-refractivity contribution in [2.24, 2.45) is 0 Å². The monoisotopic (exact) mass is 849 g/mol. The molecule has 1 atom stereocenters. The Bertz CT molecular complexity index is 1200. The molecule has 0 aromatic heterocycles. The van der Waals surface area contributed by atoms with E-state index in [9.17, 15) is 14.4 Å². The van der Waals surface area contributed by atoms with E-state index >= 15 is 0 Å². The zero-order valence-electron chi connectivity index (χ0n) is 39.7. The second kappa shape index (κ2) is 49.2. The normalized spacial score (nSPS) is 12.8. The quantitative estimate of drug-likeness (QED) is 0.0263. The summed E-state index contributed by atoms with van der Waals surface area (Å²) in [5.74, 6) is -1.05. The van der Waals surface area contributed by atoms with Crippen LogP contribution in [0.25, 0.3) is 0 Å². The molecular formula is C55H92O6. The first kappa shape index (κ1) is 57.6. The van der Waals surface area contributed by atoms with Crippen molar-refractivity contribution in [3.8, 4) is 0 Å². The van der Waals surface area contributed by atoms with Crippen molar-refractivity contribution in [3.63, 3.8) is 0 Å². The molecule has 0 aromatic carbocycles. The molecule has 0 aliphatic heterocycles. The highest BCUT2D eigenvalue weighted by molar-refractivity contribution is 5.72. The highest BCUT2D eigenvalue weighted by Crippen LogP contribution is 2.15. The SMILES string of the molecule is CC/C=C\C/C=C\C/C=C\C/C=C\CCCCCCCCC(=O)OCC(COC(=O)C/C=C\C/C=C\C/C=C\CC)OC(=O)CCCCCCCCCCCCCCCCC. The molecule has 0 heterocycles. The largest absolute Gasteiger partial charge is 0.462 e. The van der Waals surface area contributed by atoms with E-state index in [0.717, 1.165) is 96.3 Å². The van der Waals surface area contributed by atoms with Crippen LogP contribution in [0.2, 0.25) is 0 Å². The minimum atomic E-state index is -0.815. The Balaban J connectivity index is 4.39. The Morgan fingerprint density at radius 2 is 0.705 bits per heavy atom. The van der Waals surface area contributed by atoms with Crippen LogP contribution in [0, 0.1) is 0 Å². The smallest absolute Gasteiger partial charge is 0.309 e. The molecule has 0 spiro atoms. The van der Waals surface area contributed by atoms with Crippen LogP contribution < -0.4 is 0 Å². The molecule has 0 rings (SSSR count). The Labute approximate surface area is 375 Å². The van der Waals surface area contributed by atoms with Crippen molar-refractivity contribution in [1.29, 1.82) is 0 Å². The van der Waals surface area contributed by atoms with Gasteiger partial charge in [-0.2, -0.15) is 0 Å². The molecule has 348 valence electrons. The van der Waals surface area contributed by atoms with Gasteiger partial charge in [0.15, 0.2) is 6.10 Å². The van der Waals surface area contributed by atoms with Crippen molar-refractivity contribution >= 4 is 17.9 Å². The molecule has 0 aromatic rings. The minimum Gasteiger partial charge on any atom is -0.462 e. The number of hydrogen-bond donors (Lipinski definition) is 0. The highest BCUT2D eigenvalue weighted by atomic mass is 16.6. The summed E-state index contributed by atoms with van der Waals surface area (Å²) in [5, 5.41) is 0.